The summed E-state index contributed by atoms with van der Waals surface area (Å²) in [6, 6.07) is 5.97. The average molecular weight is 411 g/mol. The van der Waals surface area contributed by atoms with Crippen molar-refractivity contribution in [2.24, 2.45) is 0 Å². The molecule has 2 aliphatic rings. The third-order valence-corrected chi connectivity index (χ3v) is 5.90. The van der Waals surface area contributed by atoms with Gasteiger partial charge in [0.25, 0.3) is 5.91 Å². The number of aromatic nitrogens is 5. The molecule has 2 aliphatic heterocycles. The molecule has 30 heavy (non-hydrogen) atoms. The van der Waals surface area contributed by atoms with Crippen LogP contribution in [0.15, 0.2) is 30.5 Å². The molecule has 2 atom stereocenters. The van der Waals surface area contributed by atoms with E-state index >= 15 is 0 Å². The maximum Gasteiger partial charge on any atom is 0.258 e. The van der Waals surface area contributed by atoms with Crippen molar-refractivity contribution in [1.82, 2.24) is 34.8 Å². The summed E-state index contributed by atoms with van der Waals surface area (Å²) in [5.41, 5.74) is 1.70. The lowest BCUT2D eigenvalue weighted by molar-refractivity contribution is 0.0706. The topological polar surface area (TPSA) is 103 Å². The number of amides is 1. The quantitative estimate of drug-likeness (QED) is 0.671. The summed E-state index contributed by atoms with van der Waals surface area (Å²) in [5.74, 6) is 1.07. The van der Waals surface area contributed by atoms with Gasteiger partial charge in [-0.3, -0.25) is 14.8 Å². The Labute approximate surface area is 172 Å². The number of aromatic amines is 1. The molecule has 2 N–H and O–H groups in total. The fraction of sp³-hybridized carbons (Fsp3) is 0.400. The molecular formula is C20H22FN7O2. The van der Waals surface area contributed by atoms with Crippen LogP contribution in [0.5, 0.6) is 0 Å². The Morgan fingerprint density at radius 2 is 2.03 bits per heavy atom. The molecule has 1 saturated heterocycles. The van der Waals surface area contributed by atoms with Crippen LogP contribution in [0.3, 0.4) is 0 Å². The number of hydrogen-bond donors (Lipinski definition) is 2. The minimum absolute atomic E-state index is 0.0301. The van der Waals surface area contributed by atoms with Gasteiger partial charge in [0.05, 0.1) is 36.1 Å². The predicted octanol–water partition coefficient (Wildman–Crippen LogP) is 1.20. The Balaban J connectivity index is 1.37. The molecule has 0 unspecified atom stereocenters. The monoisotopic (exact) mass is 411 g/mol. The number of nitrogens with one attached hydrogen (secondary N) is 1. The zero-order valence-electron chi connectivity index (χ0n) is 16.5. The number of benzene rings is 1. The molecule has 0 radical (unpaired) electrons. The fourth-order valence-electron chi connectivity index (χ4n) is 4.33. The number of fused-ring (bicyclic) bond motifs is 1. The summed E-state index contributed by atoms with van der Waals surface area (Å²) < 4.78 is 15.3. The van der Waals surface area contributed by atoms with E-state index in [1.54, 1.807) is 17.0 Å². The minimum atomic E-state index is -0.361. The Morgan fingerprint density at radius 3 is 2.77 bits per heavy atom. The molecule has 0 bridgehead atoms. The van der Waals surface area contributed by atoms with Crippen molar-refractivity contribution in [1.29, 1.82) is 0 Å². The summed E-state index contributed by atoms with van der Waals surface area (Å²) in [7, 11) is 1.97. The minimum Gasteiger partial charge on any atom is -0.392 e. The number of H-pyrrole nitrogens is 1. The number of aliphatic hydroxyl groups is 1. The molecule has 156 valence electrons. The Hall–Kier alpha value is -3.11. The molecule has 5 rings (SSSR count). The molecule has 1 amide bonds. The molecule has 0 aliphatic carbocycles. The second kappa shape index (κ2) is 7.29. The second-order valence-corrected chi connectivity index (χ2v) is 7.86. The highest BCUT2D eigenvalue weighted by Gasteiger charge is 2.35. The molecule has 9 nitrogen and oxygen atoms in total. The van der Waals surface area contributed by atoms with Crippen molar-refractivity contribution in [3.63, 3.8) is 0 Å². The lowest BCUT2D eigenvalue weighted by atomic mass is 10.1. The first kappa shape index (κ1) is 18.9. The van der Waals surface area contributed by atoms with Crippen LogP contribution in [-0.2, 0) is 13.1 Å². The van der Waals surface area contributed by atoms with Gasteiger partial charge >= 0.3 is 0 Å². The van der Waals surface area contributed by atoms with Gasteiger partial charge in [0, 0.05) is 25.2 Å². The lowest BCUT2D eigenvalue weighted by Crippen LogP contribution is -2.39. The molecule has 4 heterocycles. The number of β-amino-alcohol motifs (C(OH)–C–C–N with tert-alkyl or cyclic N) is 1. The molecule has 10 heteroatoms. The first-order chi connectivity index (χ1) is 14.5. The Bertz CT molecular complexity index is 1080. The van der Waals surface area contributed by atoms with Gasteiger partial charge < -0.3 is 14.6 Å². The number of rotatable bonds is 3. The first-order valence-electron chi connectivity index (χ1n) is 9.90. The van der Waals surface area contributed by atoms with Gasteiger partial charge in [-0.25, -0.2) is 4.39 Å². The van der Waals surface area contributed by atoms with Crippen LogP contribution < -0.4 is 0 Å². The van der Waals surface area contributed by atoms with E-state index in [0.29, 0.717) is 49.4 Å². The van der Waals surface area contributed by atoms with E-state index in [1.807, 2.05) is 7.05 Å². The fourth-order valence-corrected chi connectivity index (χ4v) is 4.33. The lowest BCUT2D eigenvalue weighted by Gasteiger charge is -2.29. The predicted molar refractivity (Wildman–Crippen MR) is 105 cm³/mol. The molecular weight excluding hydrogens is 389 g/mol. The van der Waals surface area contributed by atoms with E-state index in [-0.39, 0.29) is 23.9 Å². The first-order valence-corrected chi connectivity index (χ1v) is 9.90. The van der Waals surface area contributed by atoms with Gasteiger partial charge in [-0.15, -0.1) is 10.2 Å². The van der Waals surface area contributed by atoms with Gasteiger partial charge in [0.15, 0.2) is 11.6 Å². The summed E-state index contributed by atoms with van der Waals surface area (Å²) in [6.07, 6.45) is 1.77. The maximum atomic E-state index is 13.2. The highest BCUT2D eigenvalue weighted by Crippen LogP contribution is 2.31. The molecule has 1 fully saturated rings. The van der Waals surface area contributed by atoms with Gasteiger partial charge in [-0.1, -0.05) is 0 Å². The molecule has 2 aromatic heterocycles. The number of likely N-dealkylation sites (N-methyl/N-ethyl adjacent to an activating group) is 1. The van der Waals surface area contributed by atoms with Crippen molar-refractivity contribution in [3.8, 4) is 11.3 Å². The van der Waals surface area contributed by atoms with Crippen LogP contribution in [0.4, 0.5) is 4.39 Å². The van der Waals surface area contributed by atoms with Gasteiger partial charge in [0.2, 0.25) is 0 Å². The zero-order valence-corrected chi connectivity index (χ0v) is 16.5. The standard InChI is InChI=1S/C20H22FN7O2/c1-26-10-14(29)8-16(26)19-25-23-17-11-27(6-7-28(17)19)20(30)15-9-22-24-18(15)12-2-4-13(21)5-3-12/h2-5,9,14,16,29H,6-8,10-11H2,1H3,(H,22,24)/t14-,16+/m1/s1. The number of carbonyl (C=O) groups excluding carboxylic acids is 1. The van der Waals surface area contributed by atoms with Gasteiger partial charge in [-0.05, 0) is 37.7 Å². The Kier molecular flexibility index (Phi) is 4.59. The van der Waals surface area contributed by atoms with Crippen molar-refractivity contribution >= 4 is 5.91 Å². The maximum absolute atomic E-state index is 13.2. The van der Waals surface area contributed by atoms with Crippen LogP contribution >= 0.6 is 0 Å². The second-order valence-electron chi connectivity index (χ2n) is 7.86. The van der Waals surface area contributed by atoms with Gasteiger partial charge in [-0.2, -0.15) is 5.10 Å². The summed E-state index contributed by atoms with van der Waals surface area (Å²) in [6.45, 7) is 2.07. The van der Waals surface area contributed by atoms with Crippen molar-refractivity contribution in [2.75, 3.05) is 20.1 Å². The highest BCUT2D eigenvalue weighted by atomic mass is 19.1. The molecule has 0 spiro atoms. The number of aliphatic hydroxyl groups excluding tert-OH is 1. The van der Waals surface area contributed by atoms with Crippen LogP contribution in [0.25, 0.3) is 11.3 Å². The van der Waals surface area contributed by atoms with Gasteiger partial charge in [0.1, 0.15) is 5.82 Å². The van der Waals surface area contributed by atoms with Crippen LogP contribution in [0, 0.1) is 5.82 Å². The van der Waals surface area contributed by atoms with E-state index in [9.17, 15) is 14.3 Å². The number of hydrogen-bond acceptors (Lipinski definition) is 6. The third kappa shape index (κ3) is 3.17. The normalized spacial score (nSPS) is 21.8. The highest BCUT2D eigenvalue weighted by molar-refractivity contribution is 5.99. The summed E-state index contributed by atoms with van der Waals surface area (Å²) in [5, 5.41) is 25.5. The summed E-state index contributed by atoms with van der Waals surface area (Å²) >= 11 is 0. The van der Waals surface area contributed by atoms with Crippen LogP contribution in [0.2, 0.25) is 0 Å². The molecule has 0 saturated carbocycles. The van der Waals surface area contributed by atoms with Crippen LogP contribution in [0.1, 0.15) is 34.5 Å². The molecule has 3 aromatic rings. The van der Waals surface area contributed by atoms with Crippen molar-refractivity contribution in [2.45, 2.75) is 31.7 Å². The largest absolute Gasteiger partial charge is 0.392 e. The third-order valence-electron chi connectivity index (χ3n) is 5.90. The smallest absolute Gasteiger partial charge is 0.258 e. The van der Waals surface area contributed by atoms with E-state index < -0.39 is 0 Å². The van der Waals surface area contributed by atoms with E-state index in [4.69, 9.17) is 0 Å². The van der Waals surface area contributed by atoms with E-state index in [1.165, 1.54) is 18.3 Å². The van der Waals surface area contributed by atoms with Crippen molar-refractivity contribution < 1.29 is 14.3 Å². The zero-order chi connectivity index (χ0) is 20.8. The number of halogens is 1. The Morgan fingerprint density at radius 1 is 1.23 bits per heavy atom. The SMILES string of the molecule is CN1C[C@H](O)C[C@H]1c1nnc2n1CCN(C(=O)c1cn[nH]c1-c1ccc(F)cc1)C2. The number of likely N-dealkylation sites (tertiary alicyclic amines) is 1. The van der Waals surface area contributed by atoms with Crippen molar-refractivity contribution in [3.05, 3.63) is 53.5 Å². The van der Waals surface area contributed by atoms with E-state index in [0.717, 1.165) is 11.6 Å². The number of carbonyl (C=O) groups is 1. The molecule has 1 aromatic carbocycles. The van der Waals surface area contributed by atoms with E-state index in [2.05, 4.69) is 29.9 Å². The summed E-state index contributed by atoms with van der Waals surface area (Å²) in [4.78, 5) is 17.0. The average Bonchev–Trinajstić information content (AvgIpc) is 3.45. The number of nitrogens with zero attached hydrogens (tertiary/aromatic N) is 6. The van der Waals surface area contributed by atoms with Crippen LogP contribution in [-0.4, -0.2) is 72.0 Å².